The van der Waals surface area contributed by atoms with Crippen molar-refractivity contribution in [2.24, 2.45) is 0 Å². The molecule has 8 heteroatoms. The van der Waals surface area contributed by atoms with Crippen LogP contribution in [0.25, 0.3) is 17.4 Å². The van der Waals surface area contributed by atoms with E-state index in [0.29, 0.717) is 41.5 Å². The van der Waals surface area contributed by atoms with Crippen LogP contribution in [-0.4, -0.2) is 22.6 Å². The van der Waals surface area contributed by atoms with E-state index < -0.39 is 0 Å². The van der Waals surface area contributed by atoms with Gasteiger partial charge in [0.15, 0.2) is 0 Å². The second kappa shape index (κ2) is 11.1. The summed E-state index contributed by atoms with van der Waals surface area (Å²) in [6.45, 7) is 1.81. The highest BCUT2D eigenvalue weighted by atomic mass is 16.5. The number of rotatable bonds is 9. The third kappa shape index (κ3) is 5.05. The Morgan fingerprint density at radius 1 is 1.22 bits per heavy atom. The second-order valence-corrected chi connectivity index (χ2v) is 9.48. The summed E-state index contributed by atoms with van der Waals surface area (Å²) in [5, 5.41) is 9.19. The minimum absolute atomic E-state index is 0.157. The Balaban J connectivity index is 1.64. The van der Waals surface area contributed by atoms with Gasteiger partial charge in [-0.25, -0.2) is 9.38 Å². The summed E-state index contributed by atoms with van der Waals surface area (Å²) in [6.07, 6.45) is 9.54. The molecule has 4 aromatic rings. The van der Waals surface area contributed by atoms with Gasteiger partial charge < -0.3 is 18.3 Å². The lowest BCUT2D eigenvalue weighted by atomic mass is 9.95. The molecular formula is C29H31N3O5. The van der Waals surface area contributed by atoms with Gasteiger partial charge in [0.25, 0.3) is 11.4 Å². The van der Waals surface area contributed by atoms with Crippen molar-refractivity contribution in [1.29, 1.82) is 5.26 Å². The zero-order valence-corrected chi connectivity index (χ0v) is 21.2. The molecule has 0 N–H and O–H groups in total. The lowest BCUT2D eigenvalue weighted by molar-refractivity contribution is -0.0320. The Morgan fingerprint density at radius 2 is 2.03 bits per heavy atom. The molecular weight excluding hydrogens is 470 g/mol. The van der Waals surface area contributed by atoms with Crippen molar-refractivity contribution < 1.29 is 18.3 Å². The van der Waals surface area contributed by atoms with Crippen LogP contribution in [0.1, 0.15) is 67.0 Å². The van der Waals surface area contributed by atoms with Crippen molar-refractivity contribution in [3.8, 4) is 23.5 Å². The molecule has 0 unspecified atom stereocenters. The number of methoxy groups -OCH3 is 1. The van der Waals surface area contributed by atoms with Crippen molar-refractivity contribution in [2.75, 3.05) is 7.11 Å². The van der Waals surface area contributed by atoms with E-state index in [4.69, 9.17) is 18.3 Å². The number of pyridine rings is 1. The molecule has 0 spiro atoms. The summed E-state index contributed by atoms with van der Waals surface area (Å²) in [5.74, 6) is 1.47. The molecule has 5 rings (SSSR count). The number of nitriles is 1. The van der Waals surface area contributed by atoms with Crippen LogP contribution in [0.5, 0.6) is 5.75 Å². The van der Waals surface area contributed by atoms with Gasteiger partial charge >= 0.3 is 0 Å². The van der Waals surface area contributed by atoms with E-state index in [-0.39, 0.29) is 24.2 Å². The average Bonchev–Trinajstić information content (AvgIpc) is 3.58. The van der Waals surface area contributed by atoms with E-state index in [1.807, 2.05) is 37.3 Å². The summed E-state index contributed by atoms with van der Waals surface area (Å²) in [5.41, 5.74) is 3.17. The topological polar surface area (TPSA) is 103 Å². The predicted octanol–water partition coefficient (Wildman–Crippen LogP) is 5.95. The smallest absolute Gasteiger partial charge is 0.264 e. The van der Waals surface area contributed by atoms with Crippen LogP contribution >= 0.6 is 0 Å². The molecule has 8 nitrogen and oxygen atoms in total. The van der Waals surface area contributed by atoms with E-state index >= 15 is 0 Å². The molecule has 1 aliphatic carbocycles. The van der Waals surface area contributed by atoms with Crippen LogP contribution in [0.2, 0.25) is 0 Å². The molecule has 3 aromatic heterocycles. The Morgan fingerprint density at radius 3 is 2.76 bits per heavy atom. The second-order valence-electron chi connectivity index (χ2n) is 9.48. The maximum atomic E-state index is 13.5. The van der Waals surface area contributed by atoms with Crippen LogP contribution in [-0.2, 0) is 17.6 Å². The van der Waals surface area contributed by atoms with Crippen molar-refractivity contribution >= 4 is 5.71 Å². The van der Waals surface area contributed by atoms with Crippen molar-refractivity contribution in [1.82, 2.24) is 9.38 Å². The van der Waals surface area contributed by atoms with Crippen molar-refractivity contribution in [2.45, 2.75) is 70.5 Å². The highest BCUT2D eigenvalue weighted by Crippen LogP contribution is 2.36. The third-order valence-electron chi connectivity index (χ3n) is 7.10. The first-order valence-corrected chi connectivity index (χ1v) is 12.8. The van der Waals surface area contributed by atoms with Crippen LogP contribution in [0, 0.1) is 18.3 Å². The number of nitrogens with zero attached hydrogens (tertiary/aromatic N) is 3. The summed E-state index contributed by atoms with van der Waals surface area (Å²) in [7, 11) is 1.66. The number of oxazole rings is 2. The van der Waals surface area contributed by atoms with Crippen LogP contribution in [0.3, 0.4) is 0 Å². The molecule has 1 saturated carbocycles. The Bertz CT molecular complexity index is 1460. The van der Waals surface area contributed by atoms with E-state index in [1.54, 1.807) is 17.7 Å². The normalized spacial score (nSPS) is 15.1. The van der Waals surface area contributed by atoms with Crippen molar-refractivity contribution in [3.63, 3.8) is 0 Å². The fraction of sp³-hybridized carbons (Fsp3) is 0.414. The molecule has 1 aliphatic rings. The standard InChI is InChI=1S/C29H31N3O5/c1-19-26(27-31-15-16-35-27)37-29-21(17-20(9-8-14-30)28(33)32(19)29)18-25(36-22-10-4-3-5-11-22)23-12-6-7-13-24(23)34-2/h6-7,12-13,15-17,22,25H,3-5,8-11,18H2,1-2H3/t25-/m0/s1. The maximum absolute atomic E-state index is 13.5. The fourth-order valence-corrected chi connectivity index (χ4v) is 5.25. The number of fused-ring (bicyclic) bond motifs is 1. The van der Waals surface area contributed by atoms with Gasteiger partial charge in [0.05, 0.1) is 37.3 Å². The molecule has 0 saturated heterocycles. The molecule has 0 bridgehead atoms. The van der Waals surface area contributed by atoms with Crippen LogP contribution in [0.15, 0.2) is 56.4 Å². The van der Waals surface area contributed by atoms with E-state index in [9.17, 15) is 10.1 Å². The lowest BCUT2D eigenvalue weighted by Gasteiger charge is -2.29. The zero-order valence-electron chi connectivity index (χ0n) is 21.2. The minimum atomic E-state index is -0.306. The first kappa shape index (κ1) is 24.8. The molecule has 37 heavy (non-hydrogen) atoms. The minimum Gasteiger partial charge on any atom is -0.496 e. The summed E-state index contributed by atoms with van der Waals surface area (Å²) in [6, 6.07) is 11.9. The molecule has 1 atom stereocenters. The van der Waals surface area contributed by atoms with Gasteiger partial charge in [-0.05, 0) is 38.3 Å². The SMILES string of the molecule is COc1ccccc1[C@H](Cc1cc(CCC#N)c(=O)n2c(C)c(-c3ncco3)oc12)OC1CCCCC1. The van der Waals surface area contributed by atoms with Gasteiger partial charge in [0.1, 0.15) is 12.0 Å². The molecule has 0 aliphatic heterocycles. The lowest BCUT2D eigenvalue weighted by Crippen LogP contribution is -2.23. The molecule has 3 heterocycles. The molecule has 1 fully saturated rings. The maximum Gasteiger partial charge on any atom is 0.264 e. The first-order valence-electron chi connectivity index (χ1n) is 12.8. The summed E-state index contributed by atoms with van der Waals surface area (Å²) < 4.78 is 25.7. The van der Waals surface area contributed by atoms with Crippen LogP contribution in [0.4, 0.5) is 0 Å². The number of hydrogen-bond acceptors (Lipinski definition) is 7. The largest absolute Gasteiger partial charge is 0.496 e. The average molecular weight is 502 g/mol. The molecule has 0 amide bonds. The van der Waals surface area contributed by atoms with Gasteiger partial charge in [-0.15, -0.1) is 0 Å². The first-order chi connectivity index (χ1) is 18.1. The number of aryl methyl sites for hydroxylation is 2. The predicted molar refractivity (Wildman–Crippen MR) is 137 cm³/mol. The molecule has 1 aromatic carbocycles. The molecule has 0 radical (unpaired) electrons. The Kier molecular flexibility index (Phi) is 7.42. The van der Waals surface area contributed by atoms with Crippen molar-refractivity contribution in [3.05, 3.63) is 75.5 Å². The van der Waals surface area contributed by atoms with Gasteiger partial charge in [-0.2, -0.15) is 5.26 Å². The van der Waals surface area contributed by atoms with E-state index in [1.165, 1.54) is 12.7 Å². The highest BCUT2D eigenvalue weighted by Gasteiger charge is 2.27. The van der Waals surface area contributed by atoms with Gasteiger partial charge in [0.2, 0.25) is 11.5 Å². The summed E-state index contributed by atoms with van der Waals surface area (Å²) >= 11 is 0. The number of aromatic nitrogens is 2. The number of hydrogen-bond donors (Lipinski definition) is 0. The van der Waals surface area contributed by atoms with Gasteiger partial charge in [0, 0.05) is 29.5 Å². The number of benzene rings is 1. The Labute approximate surface area is 215 Å². The zero-order chi connectivity index (χ0) is 25.8. The van der Waals surface area contributed by atoms with Crippen LogP contribution < -0.4 is 10.3 Å². The number of ether oxygens (including phenoxy) is 2. The fourth-order valence-electron chi connectivity index (χ4n) is 5.25. The monoisotopic (exact) mass is 501 g/mol. The quantitative estimate of drug-likeness (QED) is 0.279. The van der Waals surface area contributed by atoms with Gasteiger partial charge in [-0.1, -0.05) is 37.5 Å². The summed E-state index contributed by atoms with van der Waals surface area (Å²) in [4.78, 5) is 17.7. The van der Waals surface area contributed by atoms with E-state index in [2.05, 4.69) is 11.1 Å². The van der Waals surface area contributed by atoms with Gasteiger partial charge in [-0.3, -0.25) is 4.79 Å². The Hall–Kier alpha value is -3.83. The van der Waals surface area contributed by atoms with E-state index in [0.717, 1.165) is 42.6 Å². The number of para-hydroxylation sites is 1. The third-order valence-corrected chi connectivity index (χ3v) is 7.10. The highest BCUT2D eigenvalue weighted by molar-refractivity contribution is 5.58. The molecule has 192 valence electrons.